The lowest BCUT2D eigenvalue weighted by molar-refractivity contribution is -0.139. The molecule has 104 valence electrons. The first kappa shape index (κ1) is 15.0. The van der Waals surface area contributed by atoms with Crippen LogP contribution in [0.15, 0.2) is 24.3 Å². The van der Waals surface area contributed by atoms with E-state index in [-0.39, 0.29) is 24.8 Å². The van der Waals surface area contributed by atoms with Crippen molar-refractivity contribution in [2.45, 2.75) is 25.8 Å². The molecule has 0 heterocycles. The molecule has 0 aliphatic heterocycles. The molecule has 0 saturated carbocycles. The molecule has 0 spiro atoms. The van der Waals surface area contributed by atoms with Crippen LogP contribution in [0.5, 0.6) is 5.75 Å². The van der Waals surface area contributed by atoms with Crippen LogP contribution in [0, 0.1) is 0 Å². The van der Waals surface area contributed by atoms with Crippen molar-refractivity contribution in [1.29, 1.82) is 0 Å². The predicted molar refractivity (Wildman–Crippen MR) is 71.2 cm³/mol. The van der Waals surface area contributed by atoms with E-state index in [4.69, 9.17) is 9.84 Å². The number of hydrogen-bond acceptors (Lipinski definition) is 3. The molecule has 1 N–H and O–H groups in total. The van der Waals surface area contributed by atoms with Gasteiger partial charge in [-0.3, -0.25) is 9.59 Å². The molecule has 0 aliphatic carbocycles. The molecule has 1 atom stereocenters. The summed E-state index contributed by atoms with van der Waals surface area (Å²) in [5, 5.41) is 8.71. The zero-order chi connectivity index (χ0) is 14.4. The summed E-state index contributed by atoms with van der Waals surface area (Å²) in [6.45, 7) is 1.72. The van der Waals surface area contributed by atoms with Gasteiger partial charge >= 0.3 is 5.97 Å². The minimum absolute atomic E-state index is 0.0507. The van der Waals surface area contributed by atoms with Crippen LogP contribution in [-0.4, -0.2) is 42.1 Å². The summed E-state index contributed by atoms with van der Waals surface area (Å²) >= 11 is 0. The van der Waals surface area contributed by atoms with Crippen LogP contribution in [0.4, 0.5) is 0 Å². The van der Waals surface area contributed by atoms with Crippen LogP contribution in [0.25, 0.3) is 0 Å². The fourth-order valence-corrected chi connectivity index (χ4v) is 1.68. The van der Waals surface area contributed by atoms with E-state index in [0.29, 0.717) is 0 Å². The van der Waals surface area contributed by atoms with Gasteiger partial charge in [0.2, 0.25) is 5.91 Å². The molecule has 0 aliphatic rings. The summed E-state index contributed by atoms with van der Waals surface area (Å²) in [6.07, 6.45) is 0.204. The molecule has 19 heavy (non-hydrogen) atoms. The number of ether oxygens (including phenoxy) is 1. The largest absolute Gasteiger partial charge is 0.497 e. The molecule has 5 nitrogen and oxygen atoms in total. The standard InChI is InChI=1S/C14H19NO4/c1-10(8-14(17)18)15(2)13(16)9-11-4-6-12(19-3)7-5-11/h4-7,10H,8-9H2,1-3H3,(H,17,18). The molecular formula is C14H19NO4. The predicted octanol–water partition coefficient (Wildman–Crippen LogP) is 1.56. The molecular weight excluding hydrogens is 246 g/mol. The lowest BCUT2D eigenvalue weighted by Crippen LogP contribution is -2.37. The highest BCUT2D eigenvalue weighted by Crippen LogP contribution is 2.13. The van der Waals surface area contributed by atoms with Gasteiger partial charge in [0.1, 0.15) is 5.75 Å². The van der Waals surface area contributed by atoms with E-state index >= 15 is 0 Å². The first-order valence-electron chi connectivity index (χ1n) is 6.04. The van der Waals surface area contributed by atoms with E-state index in [1.165, 1.54) is 4.90 Å². The number of benzene rings is 1. The van der Waals surface area contributed by atoms with Crippen molar-refractivity contribution in [3.8, 4) is 5.75 Å². The van der Waals surface area contributed by atoms with E-state index in [0.717, 1.165) is 11.3 Å². The Balaban J connectivity index is 2.60. The average molecular weight is 265 g/mol. The summed E-state index contributed by atoms with van der Waals surface area (Å²) < 4.78 is 5.04. The van der Waals surface area contributed by atoms with Crippen molar-refractivity contribution >= 4 is 11.9 Å². The van der Waals surface area contributed by atoms with Gasteiger partial charge in [0.15, 0.2) is 0 Å². The Bertz CT molecular complexity index is 441. The average Bonchev–Trinajstić information content (AvgIpc) is 2.37. The smallest absolute Gasteiger partial charge is 0.305 e. The number of nitrogens with zero attached hydrogens (tertiary/aromatic N) is 1. The number of methoxy groups -OCH3 is 1. The highest BCUT2D eigenvalue weighted by atomic mass is 16.5. The number of hydrogen-bond donors (Lipinski definition) is 1. The summed E-state index contributed by atoms with van der Waals surface area (Å²) in [6, 6.07) is 6.93. The lowest BCUT2D eigenvalue weighted by atomic mass is 10.1. The monoisotopic (exact) mass is 265 g/mol. The molecule has 1 aromatic rings. The van der Waals surface area contributed by atoms with Gasteiger partial charge in [-0.2, -0.15) is 0 Å². The van der Waals surface area contributed by atoms with Gasteiger partial charge in [0.25, 0.3) is 0 Å². The van der Waals surface area contributed by atoms with Crippen LogP contribution in [0.2, 0.25) is 0 Å². The third-order valence-corrected chi connectivity index (χ3v) is 3.04. The first-order chi connectivity index (χ1) is 8.93. The van der Waals surface area contributed by atoms with Crippen molar-refractivity contribution in [2.75, 3.05) is 14.2 Å². The van der Waals surface area contributed by atoms with Gasteiger partial charge in [-0.15, -0.1) is 0 Å². The van der Waals surface area contributed by atoms with Gasteiger partial charge in [0, 0.05) is 13.1 Å². The number of carboxylic acids is 1. The summed E-state index contributed by atoms with van der Waals surface area (Å²) in [4.78, 5) is 24.1. The lowest BCUT2D eigenvalue weighted by Gasteiger charge is -2.23. The number of carbonyl (C=O) groups is 2. The molecule has 1 aromatic carbocycles. The van der Waals surface area contributed by atoms with Crippen molar-refractivity contribution in [3.05, 3.63) is 29.8 Å². The third-order valence-electron chi connectivity index (χ3n) is 3.04. The molecule has 5 heteroatoms. The first-order valence-corrected chi connectivity index (χ1v) is 6.04. The Morgan fingerprint density at radius 1 is 1.32 bits per heavy atom. The van der Waals surface area contributed by atoms with E-state index < -0.39 is 5.97 Å². The number of carboxylic acid groups (broad SMARTS) is 1. The second-order valence-electron chi connectivity index (χ2n) is 4.48. The minimum Gasteiger partial charge on any atom is -0.497 e. The molecule has 1 amide bonds. The van der Waals surface area contributed by atoms with E-state index in [1.54, 1.807) is 33.2 Å². The third kappa shape index (κ3) is 4.62. The molecule has 0 radical (unpaired) electrons. The molecule has 0 bridgehead atoms. The van der Waals surface area contributed by atoms with Gasteiger partial charge in [0.05, 0.1) is 20.0 Å². The second-order valence-corrected chi connectivity index (χ2v) is 4.48. The summed E-state index contributed by atoms with van der Waals surface area (Å²) in [5.74, 6) is -0.265. The van der Waals surface area contributed by atoms with Crippen molar-refractivity contribution in [2.24, 2.45) is 0 Å². The zero-order valence-corrected chi connectivity index (χ0v) is 11.4. The molecule has 1 rings (SSSR count). The van der Waals surface area contributed by atoms with Crippen molar-refractivity contribution in [1.82, 2.24) is 4.90 Å². The van der Waals surface area contributed by atoms with Gasteiger partial charge in [-0.05, 0) is 24.6 Å². The molecule has 1 unspecified atom stereocenters. The number of aliphatic carboxylic acids is 1. The van der Waals surface area contributed by atoms with Gasteiger partial charge in [-0.1, -0.05) is 12.1 Å². The number of amides is 1. The fraction of sp³-hybridized carbons (Fsp3) is 0.429. The Hall–Kier alpha value is -2.04. The topological polar surface area (TPSA) is 66.8 Å². The van der Waals surface area contributed by atoms with Crippen molar-refractivity contribution < 1.29 is 19.4 Å². The number of likely N-dealkylation sites (N-methyl/N-ethyl adjacent to an activating group) is 1. The van der Waals surface area contributed by atoms with Crippen molar-refractivity contribution in [3.63, 3.8) is 0 Å². The van der Waals surface area contributed by atoms with Crippen LogP contribution >= 0.6 is 0 Å². The SMILES string of the molecule is COc1ccc(CC(=O)N(C)C(C)CC(=O)O)cc1. The summed E-state index contributed by atoms with van der Waals surface area (Å²) in [5.41, 5.74) is 0.875. The van der Waals surface area contributed by atoms with E-state index in [2.05, 4.69) is 0 Å². The second kappa shape index (κ2) is 6.78. The minimum atomic E-state index is -0.906. The Morgan fingerprint density at radius 2 is 1.89 bits per heavy atom. The number of rotatable bonds is 6. The molecule has 0 aromatic heterocycles. The highest BCUT2D eigenvalue weighted by Gasteiger charge is 2.18. The molecule has 0 fully saturated rings. The van der Waals surface area contributed by atoms with Crippen LogP contribution in [0.3, 0.4) is 0 Å². The Morgan fingerprint density at radius 3 is 2.37 bits per heavy atom. The highest BCUT2D eigenvalue weighted by molar-refractivity contribution is 5.79. The normalized spacial score (nSPS) is 11.7. The maximum atomic E-state index is 12.0. The van der Waals surface area contributed by atoms with E-state index in [9.17, 15) is 9.59 Å². The van der Waals surface area contributed by atoms with E-state index in [1.807, 2.05) is 12.1 Å². The van der Waals surface area contributed by atoms with Crippen LogP contribution < -0.4 is 4.74 Å². The van der Waals surface area contributed by atoms with Crippen LogP contribution in [-0.2, 0) is 16.0 Å². The maximum absolute atomic E-state index is 12.0. The Kier molecular flexibility index (Phi) is 5.36. The quantitative estimate of drug-likeness (QED) is 0.847. The van der Waals surface area contributed by atoms with Gasteiger partial charge in [-0.25, -0.2) is 0 Å². The number of carbonyl (C=O) groups excluding carboxylic acids is 1. The maximum Gasteiger partial charge on any atom is 0.305 e. The van der Waals surface area contributed by atoms with Gasteiger partial charge < -0.3 is 14.7 Å². The fourth-order valence-electron chi connectivity index (χ4n) is 1.68. The Labute approximate surface area is 112 Å². The summed E-state index contributed by atoms with van der Waals surface area (Å²) in [7, 11) is 3.21. The molecule has 0 saturated heterocycles. The zero-order valence-electron chi connectivity index (χ0n) is 11.4. The van der Waals surface area contributed by atoms with Crippen LogP contribution in [0.1, 0.15) is 18.9 Å².